The molecular weight excluding hydrogens is 271 g/mol. The van der Waals surface area contributed by atoms with Crippen molar-refractivity contribution in [3.05, 3.63) is 71.0 Å². The molecule has 0 aliphatic heterocycles. The Morgan fingerprint density at radius 1 is 0.864 bits per heavy atom. The molecule has 0 bridgehead atoms. The van der Waals surface area contributed by atoms with Gasteiger partial charge in [-0.3, -0.25) is 0 Å². The number of rotatable bonds is 6. The third-order valence-electron chi connectivity index (χ3n) is 3.89. The van der Waals surface area contributed by atoms with Crippen molar-refractivity contribution in [2.45, 2.75) is 47.0 Å². The summed E-state index contributed by atoms with van der Waals surface area (Å²) in [4.78, 5) is 0. The van der Waals surface area contributed by atoms with Gasteiger partial charge in [0.25, 0.3) is 0 Å². The van der Waals surface area contributed by atoms with Crippen molar-refractivity contribution in [3.63, 3.8) is 0 Å². The zero-order valence-electron chi connectivity index (χ0n) is 14.2. The monoisotopic (exact) mass is 298 g/mol. The fourth-order valence-electron chi connectivity index (χ4n) is 3.15. The van der Waals surface area contributed by atoms with Crippen molar-refractivity contribution < 1.29 is 4.39 Å². The lowest BCUT2D eigenvalue weighted by atomic mass is 9.80. The zero-order chi connectivity index (χ0) is 16.2. The van der Waals surface area contributed by atoms with Crippen LogP contribution in [0, 0.1) is 17.2 Å². The third-order valence-corrected chi connectivity index (χ3v) is 3.89. The first kappa shape index (κ1) is 16.7. The molecule has 0 amide bonds. The number of halogens is 1. The molecule has 0 aromatic heterocycles. The van der Waals surface area contributed by atoms with Crippen LogP contribution in [-0.2, 0) is 19.3 Å². The second kappa shape index (κ2) is 7.09. The van der Waals surface area contributed by atoms with E-state index in [1.165, 1.54) is 17.2 Å². The molecule has 0 saturated heterocycles. The van der Waals surface area contributed by atoms with Crippen molar-refractivity contribution in [3.8, 4) is 0 Å². The Balaban J connectivity index is 2.07. The van der Waals surface area contributed by atoms with E-state index in [1.54, 1.807) is 12.1 Å². The van der Waals surface area contributed by atoms with Crippen LogP contribution in [0.3, 0.4) is 0 Å². The summed E-state index contributed by atoms with van der Waals surface area (Å²) in [6.07, 6.45) is 3.02. The summed E-state index contributed by atoms with van der Waals surface area (Å²) in [6.45, 7) is 9.02. The van der Waals surface area contributed by atoms with Gasteiger partial charge in [-0.2, -0.15) is 0 Å². The van der Waals surface area contributed by atoms with E-state index in [9.17, 15) is 4.39 Å². The minimum atomic E-state index is -0.146. The van der Waals surface area contributed by atoms with Crippen LogP contribution in [-0.4, -0.2) is 0 Å². The summed E-state index contributed by atoms with van der Waals surface area (Å²) in [6, 6.07) is 15.9. The lowest BCUT2D eigenvalue weighted by Crippen LogP contribution is -2.18. The highest BCUT2D eigenvalue weighted by Crippen LogP contribution is 2.27. The lowest BCUT2D eigenvalue weighted by Gasteiger charge is -2.25. The predicted molar refractivity (Wildman–Crippen MR) is 92.6 cm³/mol. The fourth-order valence-corrected chi connectivity index (χ4v) is 3.15. The van der Waals surface area contributed by atoms with Crippen LogP contribution >= 0.6 is 0 Å². The Morgan fingerprint density at radius 2 is 1.41 bits per heavy atom. The zero-order valence-corrected chi connectivity index (χ0v) is 14.2. The number of benzene rings is 2. The molecule has 0 heterocycles. The smallest absolute Gasteiger partial charge is 0.123 e. The molecule has 2 rings (SSSR count). The Kier molecular flexibility index (Phi) is 5.39. The Morgan fingerprint density at radius 3 is 2.00 bits per heavy atom. The molecule has 0 N–H and O–H groups in total. The van der Waals surface area contributed by atoms with Gasteiger partial charge in [-0.25, -0.2) is 4.39 Å². The van der Waals surface area contributed by atoms with E-state index in [2.05, 4.69) is 52.0 Å². The fraction of sp³-hybridized carbons (Fsp3) is 0.429. The highest BCUT2D eigenvalue weighted by molar-refractivity contribution is 5.26. The molecule has 0 radical (unpaired) electrons. The minimum Gasteiger partial charge on any atom is -0.207 e. The molecule has 118 valence electrons. The van der Waals surface area contributed by atoms with Crippen LogP contribution in [0.1, 0.15) is 44.4 Å². The van der Waals surface area contributed by atoms with Crippen molar-refractivity contribution in [1.29, 1.82) is 0 Å². The molecule has 0 fully saturated rings. The predicted octanol–water partition coefficient (Wildman–Crippen LogP) is 5.84. The quantitative estimate of drug-likeness (QED) is 0.629. The van der Waals surface area contributed by atoms with Gasteiger partial charge in [0.15, 0.2) is 0 Å². The van der Waals surface area contributed by atoms with Gasteiger partial charge >= 0.3 is 0 Å². The lowest BCUT2D eigenvalue weighted by molar-refractivity contribution is 0.360. The average molecular weight is 298 g/mol. The standard InChI is InChI=1S/C21H27F/c1-16(2)11-17-7-5-8-18(12-17)14-21(3,4)15-19-9-6-10-20(22)13-19/h5-10,12-13,16H,11,14-15H2,1-4H3. The van der Waals surface area contributed by atoms with E-state index in [-0.39, 0.29) is 11.2 Å². The van der Waals surface area contributed by atoms with E-state index >= 15 is 0 Å². The molecule has 0 saturated carbocycles. The van der Waals surface area contributed by atoms with Crippen LogP contribution in [0.4, 0.5) is 4.39 Å². The van der Waals surface area contributed by atoms with Crippen molar-refractivity contribution in [1.82, 2.24) is 0 Å². The van der Waals surface area contributed by atoms with Gasteiger partial charge in [0.2, 0.25) is 0 Å². The molecule has 0 atom stereocenters. The van der Waals surface area contributed by atoms with Crippen molar-refractivity contribution in [2.24, 2.45) is 11.3 Å². The first-order valence-electron chi connectivity index (χ1n) is 8.16. The summed E-state index contributed by atoms with van der Waals surface area (Å²) in [5, 5.41) is 0. The Bertz CT molecular complexity index is 611. The van der Waals surface area contributed by atoms with Gasteiger partial charge in [0.05, 0.1) is 0 Å². The topological polar surface area (TPSA) is 0 Å². The first-order valence-corrected chi connectivity index (χ1v) is 8.16. The second-order valence-corrected chi connectivity index (χ2v) is 7.57. The molecule has 1 heteroatoms. The highest BCUT2D eigenvalue weighted by atomic mass is 19.1. The molecule has 22 heavy (non-hydrogen) atoms. The van der Waals surface area contributed by atoms with Gasteiger partial charge in [0, 0.05) is 0 Å². The van der Waals surface area contributed by atoms with E-state index in [0.717, 1.165) is 24.8 Å². The molecule has 0 nitrogen and oxygen atoms in total. The molecule has 0 aliphatic carbocycles. The Labute approximate surface area is 134 Å². The maximum Gasteiger partial charge on any atom is 0.123 e. The van der Waals surface area contributed by atoms with E-state index in [4.69, 9.17) is 0 Å². The van der Waals surface area contributed by atoms with Gasteiger partial charge in [-0.1, -0.05) is 64.1 Å². The van der Waals surface area contributed by atoms with E-state index in [0.29, 0.717) is 5.92 Å². The second-order valence-electron chi connectivity index (χ2n) is 7.57. The van der Waals surface area contributed by atoms with E-state index in [1.807, 2.05) is 6.07 Å². The molecule has 0 spiro atoms. The highest BCUT2D eigenvalue weighted by Gasteiger charge is 2.19. The Hall–Kier alpha value is -1.63. The van der Waals surface area contributed by atoms with Crippen LogP contribution in [0.5, 0.6) is 0 Å². The maximum atomic E-state index is 13.3. The third kappa shape index (κ3) is 5.29. The normalized spacial score (nSPS) is 11.9. The van der Waals surface area contributed by atoms with Crippen molar-refractivity contribution >= 4 is 0 Å². The number of hydrogen-bond donors (Lipinski definition) is 0. The van der Waals surface area contributed by atoms with Gasteiger partial charge in [-0.15, -0.1) is 0 Å². The van der Waals surface area contributed by atoms with Crippen LogP contribution in [0.15, 0.2) is 48.5 Å². The molecule has 0 unspecified atom stereocenters. The molecule has 2 aromatic rings. The van der Waals surface area contributed by atoms with Crippen LogP contribution < -0.4 is 0 Å². The van der Waals surface area contributed by atoms with Crippen LogP contribution in [0.25, 0.3) is 0 Å². The van der Waals surface area contributed by atoms with Gasteiger partial charge in [-0.05, 0) is 59.4 Å². The van der Waals surface area contributed by atoms with Gasteiger partial charge in [0.1, 0.15) is 5.82 Å². The molecular formula is C21H27F. The largest absolute Gasteiger partial charge is 0.207 e. The molecule has 2 aromatic carbocycles. The van der Waals surface area contributed by atoms with Crippen molar-refractivity contribution in [2.75, 3.05) is 0 Å². The van der Waals surface area contributed by atoms with Crippen LogP contribution in [0.2, 0.25) is 0 Å². The number of hydrogen-bond acceptors (Lipinski definition) is 0. The molecule has 0 aliphatic rings. The van der Waals surface area contributed by atoms with Gasteiger partial charge < -0.3 is 0 Å². The minimum absolute atomic E-state index is 0.115. The summed E-state index contributed by atoms with van der Waals surface area (Å²) in [5.74, 6) is 0.530. The average Bonchev–Trinajstić information content (AvgIpc) is 2.36. The summed E-state index contributed by atoms with van der Waals surface area (Å²) >= 11 is 0. The maximum absolute atomic E-state index is 13.3. The summed E-state index contributed by atoms with van der Waals surface area (Å²) < 4.78 is 13.3. The summed E-state index contributed by atoms with van der Waals surface area (Å²) in [7, 11) is 0. The first-order chi connectivity index (χ1) is 10.3. The van der Waals surface area contributed by atoms with E-state index < -0.39 is 0 Å². The SMILES string of the molecule is CC(C)Cc1cccc(CC(C)(C)Cc2cccc(F)c2)c1. The summed E-state index contributed by atoms with van der Waals surface area (Å²) in [5.41, 5.74) is 3.97.